The fourth-order valence-electron chi connectivity index (χ4n) is 2.10. The van der Waals surface area contributed by atoms with Crippen LogP contribution in [0.15, 0.2) is 59.7 Å². The number of hydrogen-bond donors (Lipinski definition) is 2. The van der Waals surface area contributed by atoms with E-state index in [1.807, 2.05) is 30.3 Å². The van der Waals surface area contributed by atoms with Crippen LogP contribution in [-0.2, 0) is 0 Å². The first kappa shape index (κ1) is 15.8. The van der Waals surface area contributed by atoms with Gasteiger partial charge >= 0.3 is 5.97 Å². The number of hydrazone groups is 1. The molecule has 2 aromatic rings. The highest BCUT2D eigenvalue weighted by Crippen LogP contribution is 2.14. The summed E-state index contributed by atoms with van der Waals surface area (Å²) in [4.78, 5) is 11.0. The highest BCUT2D eigenvalue weighted by Gasteiger charge is 2.07. The molecule has 0 fully saturated rings. The van der Waals surface area contributed by atoms with E-state index in [1.165, 1.54) is 0 Å². The van der Waals surface area contributed by atoms with Gasteiger partial charge in [-0.05, 0) is 36.1 Å². The van der Waals surface area contributed by atoms with Gasteiger partial charge in [-0.3, -0.25) is 5.43 Å². The lowest BCUT2D eigenvalue weighted by Gasteiger charge is -2.10. The average Bonchev–Trinajstić information content (AvgIpc) is 2.52. The molecule has 0 heterocycles. The van der Waals surface area contributed by atoms with Gasteiger partial charge in [0.25, 0.3) is 0 Å². The summed E-state index contributed by atoms with van der Waals surface area (Å²) in [6.45, 7) is 4.28. The third kappa shape index (κ3) is 4.45. The molecule has 0 radical (unpaired) electrons. The summed E-state index contributed by atoms with van der Waals surface area (Å²) in [5, 5.41) is 13.5. The molecule has 0 saturated carbocycles. The van der Waals surface area contributed by atoms with Gasteiger partial charge in [0.05, 0.1) is 17.0 Å². The van der Waals surface area contributed by atoms with Crippen LogP contribution in [0.4, 0.5) is 5.69 Å². The molecule has 114 valence electrons. The number of carboxylic acid groups (broad SMARTS) is 1. The molecule has 0 aromatic heterocycles. The highest BCUT2D eigenvalue weighted by molar-refractivity contribution is 6.01. The smallest absolute Gasteiger partial charge is 0.335 e. The Bertz CT molecular complexity index is 664. The quantitative estimate of drug-likeness (QED) is 0.619. The van der Waals surface area contributed by atoms with Crippen LogP contribution >= 0.6 is 0 Å². The molecular formula is C18H20N2O2. The summed E-state index contributed by atoms with van der Waals surface area (Å²) in [7, 11) is 0. The number of hydrogen-bond acceptors (Lipinski definition) is 3. The van der Waals surface area contributed by atoms with Gasteiger partial charge in [0, 0.05) is 0 Å². The molecule has 22 heavy (non-hydrogen) atoms. The molecule has 0 saturated heterocycles. The van der Waals surface area contributed by atoms with E-state index in [4.69, 9.17) is 5.11 Å². The Morgan fingerprint density at radius 3 is 2.41 bits per heavy atom. The predicted octanol–water partition coefficient (Wildman–Crippen LogP) is 4.25. The number of anilines is 1. The molecule has 4 heteroatoms. The molecular weight excluding hydrogens is 276 g/mol. The largest absolute Gasteiger partial charge is 0.478 e. The molecule has 0 aliphatic rings. The van der Waals surface area contributed by atoms with E-state index in [2.05, 4.69) is 24.4 Å². The number of nitrogens with zero attached hydrogens (tertiary/aromatic N) is 1. The minimum atomic E-state index is -0.946. The molecule has 2 aromatic carbocycles. The van der Waals surface area contributed by atoms with E-state index in [1.54, 1.807) is 24.3 Å². The van der Waals surface area contributed by atoms with E-state index in [0.29, 0.717) is 11.6 Å². The maximum atomic E-state index is 11.0. The summed E-state index contributed by atoms with van der Waals surface area (Å²) < 4.78 is 0. The molecule has 0 atom stereocenters. The van der Waals surface area contributed by atoms with Crippen molar-refractivity contribution in [3.63, 3.8) is 0 Å². The van der Waals surface area contributed by atoms with Crippen molar-refractivity contribution in [3.05, 3.63) is 65.7 Å². The second-order valence-electron chi connectivity index (χ2n) is 5.52. The van der Waals surface area contributed by atoms with Crippen molar-refractivity contribution in [1.29, 1.82) is 0 Å². The maximum Gasteiger partial charge on any atom is 0.335 e. The van der Waals surface area contributed by atoms with E-state index < -0.39 is 5.97 Å². The Morgan fingerprint density at radius 1 is 1.09 bits per heavy atom. The summed E-state index contributed by atoms with van der Waals surface area (Å²) >= 11 is 0. The van der Waals surface area contributed by atoms with Crippen LogP contribution < -0.4 is 5.43 Å². The molecule has 0 amide bonds. The number of benzene rings is 2. The summed E-state index contributed by atoms with van der Waals surface area (Å²) in [5.74, 6) is -0.468. The molecule has 0 aliphatic heterocycles. The van der Waals surface area contributed by atoms with Crippen LogP contribution in [-0.4, -0.2) is 16.8 Å². The summed E-state index contributed by atoms with van der Waals surface area (Å²) in [6, 6.07) is 16.6. The molecule has 2 N–H and O–H groups in total. The molecule has 0 bridgehead atoms. The first-order valence-corrected chi connectivity index (χ1v) is 7.27. The number of nitrogens with one attached hydrogen (secondary N) is 1. The highest BCUT2D eigenvalue weighted by atomic mass is 16.4. The third-order valence-electron chi connectivity index (χ3n) is 3.14. The number of aromatic carboxylic acids is 1. The lowest BCUT2D eigenvalue weighted by atomic mass is 10.0. The van der Waals surface area contributed by atoms with Gasteiger partial charge in [-0.2, -0.15) is 5.10 Å². The van der Waals surface area contributed by atoms with Gasteiger partial charge in [0.1, 0.15) is 0 Å². The monoisotopic (exact) mass is 296 g/mol. The van der Waals surface area contributed by atoms with Crippen molar-refractivity contribution in [3.8, 4) is 0 Å². The normalized spacial score (nSPS) is 11.5. The minimum absolute atomic E-state index is 0.241. The van der Waals surface area contributed by atoms with Crippen LogP contribution in [0.1, 0.15) is 36.2 Å². The lowest BCUT2D eigenvalue weighted by Crippen LogP contribution is -2.08. The van der Waals surface area contributed by atoms with E-state index in [-0.39, 0.29) is 5.56 Å². The predicted molar refractivity (Wildman–Crippen MR) is 89.5 cm³/mol. The van der Waals surface area contributed by atoms with E-state index in [0.717, 1.165) is 17.7 Å². The van der Waals surface area contributed by atoms with Gasteiger partial charge in [-0.1, -0.05) is 50.2 Å². The molecule has 4 nitrogen and oxygen atoms in total. The SMILES string of the molecule is CC(C)C/C(=N/Nc1cccc(C(=O)O)c1)c1ccccc1. The summed E-state index contributed by atoms with van der Waals surface area (Å²) in [5.41, 5.74) is 5.90. The van der Waals surface area contributed by atoms with Gasteiger partial charge in [0.2, 0.25) is 0 Å². The van der Waals surface area contributed by atoms with Crippen molar-refractivity contribution >= 4 is 17.4 Å². The zero-order valence-corrected chi connectivity index (χ0v) is 12.8. The van der Waals surface area contributed by atoms with Crippen molar-refractivity contribution in [2.75, 3.05) is 5.43 Å². The van der Waals surface area contributed by atoms with Gasteiger partial charge in [-0.25, -0.2) is 4.79 Å². The molecule has 0 unspecified atom stereocenters. The number of carboxylic acids is 1. The van der Waals surface area contributed by atoms with Crippen LogP contribution in [0.3, 0.4) is 0 Å². The molecule has 0 aliphatic carbocycles. The third-order valence-corrected chi connectivity index (χ3v) is 3.14. The second kappa shape index (κ2) is 7.41. The Balaban J connectivity index is 2.23. The molecule has 0 spiro atoms. The van der Waals surface area contributed by atoms with Gasteiger partial charge < -0.3 is 5.11 Å². The molecule has 2 rings (SSSR count). The first-order chi connectivity index (χ1) is 10.6. The van der Waals surface area contributed by atoms with E-state index in [9.17, 15) is 4.79 Å². The standard InChI is InChI=1S/C18H20N2O2/c1-13(2)11-17(14-7-4-3-5-8-14)20-19-16-10-6-9-15(12-16)18(21)22/h3-10,12-13,19H,11H2,1-2H3,(H,21,22)/b20-17-. The Kier molecular flexibility index (Phi) is 5.31. The van der Waals surface area contributed by atoms with E-state index >= 15 is 0 Å². The van der Waals surface area contributed by atoms with Crippen molar-refractivity contribution < 1.29 is 9.90 Å². The minimum Gasteiger partial charge on any atom is -0.478 e. The topological polar surface area (TPSA) is 61.7 Å². The Hall–Kier alpha value is -2.62. The fourth-order valence-corrected chi connectivity index (χ4v) is 2.10. The second-order valence-corrected chi connectivity index (χ2v) is 5.52. The van der Waals surface area contributed by atoms with Crippen LogP contribution in [0.25, 0.3) is 0 Å². The first-order valence-electron chi connectivity index (χ1n) is 7.27. The number of rotatable bonds is 6. The van der Waals surface area contributed by atoms with Crippen molar-refractivity contribution in [1.82, 2.24) is 0 Å². The summed E-state index contributed by atoms with van der Waals surface area (Å²) in [6.07, 6.45) is 0.843. The van der Waals surface area contributed by atoms with Gasteiger partial charge in [-0.15, -0.1) is 0 Å². The Labute approximate surface area is 130 Å². The maximum absolute atomic E-state index is 11.0. The van der Waals surface area contributed by atoms with Crippen molar-refractivity contribution in [2.24, 2.45) is 11.0 Å². The lowest BCUT2D eigenvalue weighted by molar-refractivity contribution is 0.0697. The Morgan fingerprint density at radius 2 is 1.77 bits per heavy atom. The van der Waals surface area contributed by atoms with Gasteiger partial charge in [0.15, 0.2) is 0 Å². The van der Waals surface area contributed by atoms with Crippen LogP contribution in [0, 0.1) is 5.92 Å². The zero-order valence-electron chi connectivity index (χ0n) is 12.8. The van der Waals surface area contributed by atoms with Crippen LogP contribution in [0.2, 0.25) is 0 Å². The fraction of sp³-hybridized carbons (Fsp3) is 0.222. The van der Waals surface area contributed by atoms with Crippen molar-refractivity contribution in [2.45, 2.75) is 20.3 Å². The average molecular weight is 296 g/mol. The number of carbonyl (C=O) groups is 1. The van der Waals surface area contributed by atoms with Crippen LogP contribution in [0.5, 0.6) is 0 Å². The zero-order chi connectivity index (χ0) is 15.9.